The first-order valence-electron chi connectivity index (χ1n) is 8.91. The van der Waals surface area contributed by atoms with Crippen molar-refractivity contribution in [3.05, 3.63) is 69.7 Å². The van der Waals surface area contributed by atoms with E-state index in [4.69, 9.17) is 0 Å². The summed E-state index contributed by atoms with van der Waals surface area (Å²) in [6.45, 7) is 4.44. The van der Waals surface area contributed by atoms with Crippen molar-refractivity contribution >= 4 is 27.7 Å². The molecule has 0 aromatic heterocycles. The van der Waals surface area contributed by atoms with E-state index in [-0.39, 0.29) is 11.8 Å². The van der Waals surface area contributed by atoms with Crippen molar-refractivity contribution in [1.82, 2.24) is 9.80 Å². The summed E-state index contributed by atoms with van der Waals surface area (Å²) in [4.78, 5) is 28.7. The van der Waals surface area contributed by atoms with E-state index in [0.717, 1.165) is 10.9 Å². The van der Waals surface area contributed by atoms with Gasteiger partial charge in [0.15, 0.2) is 0 Å². The van der Waals surface area contributed by atoms with Crippen LogP contribution in [-0.4, -0.2) is 47.8 Å². The maximum atomic E-state index is 12.6. The second kappa shape index (κ2) is 8.49. The highest BCUT2D eigenvalue weighted by Crippen LogP contribution is 2.15. The number of piperazine rings is 1. The van der Waals surface area contributed by atoms with Crippen LogP contribution in [0.2, 0.25) is 0 Å². The van der Waals surface area contributed by atoms with Gasteiger partial charge in [-0.25, -0.2) is 0 Å². The first kappa shape index (κ1) is 18.6. The van der Waals surface area contributed by atoms with Crippen molar-refractivity contribution in [2.45, 2.75) is 19.8 Å². The van der Waals surface area contributed by atoms with Crippen LogP contribution in [0.4, 0.5) is 0 Å². The second-order valence-corrected chi connectivity index (χ2v) is 7.58. The monoisotopic (exact) mass is 414 g/mol. The number of carbonyl (C=O) groups excluding carboxylic acids is 2. The molecule has 5 heteroatoms. The molecule has 0 saturated carbocycles. The Kier molecular flexibility index (Phi) is 6.09. The van der Waals surface area contributed by atoms with Crippen LogP contribution in [0, 0.1) is 6.92 Å². The maximum absolute atomic E-state index is 12.6. The van der Waals surface area contributed by atoms with Crippen LogP contribution in [0.15, 0.2) is 53.0 Å². The number of hydrogen-bond donors (Lipinski definition) is 0. The van der Waals surface area contributed by atoms with Gasteiger partial charge in [-0.3, -0.25) is 9.59 Å². The first-order valence-corrected chi connectivity index (χ1v) is 9.70. The molecule has 2 aromatic carbocycles. The van der Waals surface area contributed by atoms with Gasteiger partial charge in [0, 0.05) is 42.6 Å². The lowest BCUT2D eigenvalue weighted by Crippen LogP contribution is -2.50. The zero-order valence-corrected chi connectivity index (χ0v) is 16.5. The van der Waals surface area contributed by atoms with Gasteiger partial charge in [-0.1, -0.05) is 51.8 Å². The molecule has 2 amide bonds. The van der Waals surface area contributed by atoms with Gasteiger partial charge in [0.25, 0.3) is 5.91 Å². The molecule has 136 valence electrons. The topological polar surface area (TPSA) is 40.6 Å². The van der Waals surface area contributed by atoms with Crippen LogP contribution in [0.5, 0.6) is 0 Å². The Balaban J connectivity index is 1.49. The lowest BCUT2D eigenvalue weighted by molar-refractivity contribution is -0.132. The zero-order valence-electron chi connectivity index (χ0n) is 15.0. The number of carbonyl (C=O) groups is 2. The van der Waals surface area contributed by atoms with Gasteiger partial charge in [-0.15, -0.1) is 0 Å². The molecule has 2 aromatic rings. The average Bonchev–Trinajstić information content (AvgIpc) is 2.67. The van der Waals surface area contributed by atoms with Crippen molar-refractivity contribution in [1.29, 1.82) is 0 Å². The van der Waals surface area contributed by atoms with Gasteiger partial charge in [0.2, 0.25) is 5.91 Å². The highest BCUT2D eigenvalue weighted by Gasteiger charge is 2.24. The van der Waals surface area contributed by atoms with Gasteiger partial charge in [-0.05, 0) is 37.1 Å². The van der Waals surface area contributed by atoms with E-state index in [1.165, 1.54) is 11.1 Å². The third-order valence-electron chi connectivity index (χ3n) is 4.74. The number of nitrogens with zero attached hydrogens (tertiary/aromatic N) is 2. The fourth-order valence-electron chi connectivity index (χ4n) is 3.13. The van der Waals surface area contributed by atoms with Gasteiger partial charge in [0.1, 0.15) is 0 Å². The molecule has 1 aliphatic heterocycles. The summed E-state index contributed by atoms with van der Waals surface area (Å²) in [5, 5.41) is 0. The van der Waals surface area contributed by atoms with E-state index < -0.39 is 0 Å². The Hall–Kier alpha value is -2.14. The van der Waals surface area contributed by atoms with Crippen molar-refractivity contribution in [3.8, 4) is 0 Å². The van der Waals surface area contributed by atoms with Crippen molar-refractivity contribution < 1.29 is 9.59 Å². The summed E-state index contributed by atoms with van der Waals surface area (Å²) in [6, 6.07) is 15.7. The molecule has 1 fully saturated rings. The number of amides is 2. The van der Waals surface area contributed by atoms with E-state index in [1.54, 1.807) is 0 Å². The molecule has 1 saturated heterocycles. The predicted octanol–water partition coefficient (Wildman–Crippen LogP) is 3.67. The predicted molar refractivity (Wildman–Crippen MR) is 106 cm³/mol. The highest BCUT2D eigenvalue weighted by molar-refractivity contribution is 9.10. The minimum Gasteiger partial charge on any atom is -0.339 e. The molecule has 0 spiro atoms. The molecule has 0 aliphatic carbocycles. The summed E-state index contributed by atoms with van der Waals surface area (Å²) < 4.78 is 0.897. The van der Waals surface area contributed by atoms with Crippen LogP contribution in [0.25, 0.3) is 0 Å². The van der Waals surface area contributed by atoms with Crippen LogP contribution in [0.3, 0.4) is 0 Å². The number of aryl methyl sites for hydroxylation is 2. The third-order valence-corrected chi connectivity index (χ3v) is 5.23. The zero-order chi connectivity index (χ0) is 18.5. The molecule has 0 N–H and O–H groups in total. The summed E-state index contributed by atoms with van der Waals surface area (Å²) in [5.41, 5.74) is 3.09. The van der Waals surface area contributed by atoms with Crippen LogP contribution < -0.4 is 0 Å². The quantitative estimate of drug-likeness (QED) is 0.765. The Labute approximate surface area is 162 Å². The van der Waals surface area contributed by atoms with Crippen LogP contribution in [0.1, 0.15) is 27.9 Å². The average molecular weight is 415 g/mol. The van der Waals surface area contributed by atoms with Gasteiger partial charge in [0.05, 0.1) is 0 Å². The van der Waals surface area contributed by atoms with Crippen molar-refractivity contribution in [2.75, 3.05) is 26.2 Å². The summed E-state index contributed by atoms with van der Waals surface area (Å²) in [5.74, 6) is 0.193. The Morgan fingerprint density at radius 1 is 0.962 bits per heavy atom. The Morgan fingerprint density at radius 2 is 1.62 bits per heavy atom. The molecule has 0 unspecified atom stereocenters. The summed E-state index contributed by atoms with van der Waals surface area (Å²) >= 11 is 3.40. The summed E-state index contributed by atoms with van der Waals surface area (Å²) in [7, 11) is 0. The van der Waals surface area contributed by atoms with E-state index in [0.29, 0.717) is 38.2 Å². The molecule has 4 nitrogen and oxygen atoms in total. The normalized spacial score (nSPS) is 14.4. The SMILES string of the molecule is Cc1ccc(CCC(=O)N2CCN(C(=O)c3cccc(Br)c3)CC2)cc1. The Morgan fingerprint density at radius 3 is 2.27 bits per heavy atom. The fourth-order valence-corrected chi connectivity index (χ4v) is 3.53. The largest absolute Gasteiger partial charge is 0.339 e. The molecule has 3 rings (SSSR count). The van der Waals surface area contributed by atoms with Crippen LogP contribution in [-0.2, 0) is 11.2 Å². The first-order chi connectivity index (χ1) is 12.5. The Bertz CT molecular complexity index is 781. The smallest absolute Gasteiger partial charge is 0.254 e. The fraction of sp³-hybridized carbons (Fsp3) is 0.333. The third kappa shape index (κ3) is 4.73. The maximum Gasteiger partial charge on any atom is 0.254 e. The number of hydrogen-bond acceptors (Lipinski definition) is 2. The van der Waals surface area contributed by atoms with E-state index >= 15 is 0 Å². The molecule has 1 aliphatic rings. The van der Waals surface area contributed by atoms with E-state index in [2.05, 4.69) is 47.1 Å². The molecular formula is C21H23BrN2O2. The van der Waals surface area contributed by atoms with E-state index in [9.17, 15) is 9.59 Å². The minimum atomic E-state index is 0.0260. The summed E-state index contributed by atoms with van der Waals surface area (Å²) in [6.07, 6.45) is 1.28. The number of rotatable bonds is 4. The lowest BCUT2D eigenvalue weighted by atomic mass is 10.1. The molecular weight excluding hydrogens is 392 g/mol. The second-order valence-electron chi connectivity index (χ2n) is 6.67. The highest BCUT2D eigenvalue weighted by atomic mass is 79.9. The van der Waals surface area contributed by atoms with E-state index in [1.807, 2.05) is 34.1 Å². The number of halogens is 1. The molecule has 1 heterocycles. The van der Waals surface area contributed by atoms with Gasteiger partial charge < -0.3 is 9.80 Å². The standard InChI is InChI=1S/C21H23BrN2O2/c1-16-5-7-17(8-6-16)9-10-20(25)23-11-13-24(14-12-23)21(26)18-3-2-4-19(22)15-18/h2-8,15H,9-14H2,1H3. The van der Waals surface area contributed by atoms with Crippen LogP contribution >= 0.6 is 15.9 Å². The molecule has 0 bridgehead atoms. The molecule has 0 radical (unpaired) electrons. The minimum absolute atomic E-state index is 0.0260. The number of benzene rings is 2. The van der Waals surface area contributed by atoms with Gasteiger partial charge >= 0.3 is 0 Å². The van der Waals surface area contributed by atoms with Crippen molar-refractivity contribution in [3.63, 3.8) is 0 Å². The lowest BCUT2D eigenvalue weighted by Gasteiger charge is -2.35. The molecule has 26 heavy (non-hydrogen) atoms. The van der Waals surface area contributed by atoms with Gasteiger partial charge in [-0.2, -0.15) is 0 Å². The van der Waals surface area contributed by atoms with Crippen molar-refractivity contribution in [2.24, 2.45) is 0 Å². The molecule has 0 atom stereocenters.